The van der Waals surface area contributed by atoms with Crippen molar-refractivity contribution in [2.75, 3.05) is 0 Å². The summed E-state index contributed by atoms with van der Waals surface area (Å²) in [6, 6.07) is 9.12. The van der Waals surface area contributed by atoms with E-state index in [2.05, 4.69) is 0 Å². The van der Waals surface area contributed by atoms with Crippen LogP contribution in [0.1, 0.15) is 5.56 Å². The van der Waals surface area contributed by atoms with Gasteiger partial charge in [-0.25, -0.2) is 8.96 Å². The fourth-order valence-electron chi connectivity index (χ4n) is 1.58. The molecule has 0 fully saturated rings. The Kier molecular flexibility index (Phi) is 4.91. The molecule has 0 bridgehead atoms. The van der Waals surface area contributed by atoms with Gasteiger partial charge in [0.15, 0.2) is 18.9 Å². The molecule has 1 aromatic heterocycles. The van der Waals surface area contributed by atoms with Crippen molar-refractivity contribution in [3.05, 3.63) is 70.3 Å². The molecule has 2 rings (SSSR count). The SMILES string of the molecule is O=[N+]([O-])c1cc(F)ccc1C[n+]1ccccc1.[Br-]. The molecule has 2 aromatic rings. The molecule has 0 amide bonds. The predicted octanol–water partition coefficient (Wildman–Crippen LogP) is -0.926. The van der Waals surface area contributed by atoms with Gasteiger partial charge in [-0.2, -0.15) is 0 Å². The second-order valence-electron chi connectivity index (χ2n) is 3.58. The molecule has 0 unspecified atom stereocenters. The van der Waals surface area contributed by atoms with Crippen LogP contribution in [0.3, 0.4) is 0 Å². The summed E-state index contributed by atoms with van der Waals surface area (Å²) in [6.45, 7) is 0.345. The number of nitro groups is 1. The lowest BCUT2D eigenvalue weighted by Crippen LogP contribution is -3.00. The van der Waals surface area contributed by atoms with E-state index < -0.39 is 10.7 Å². The van der Waals surface area contributed by atoms with Gasteiger partial charge in [-0.05, 0) is 12.1 Å². The van der Waals surface area contributed by atoms with Gasteiger partial charge >= 0.3 is 0 Å². The highest BCUT2D eigenvalue weighted by atomic mass is 79.9. The third kappa shape index (κ3) is 3.33. The Morgan fingerprint density at radius 2 is 1.89 bits per heavy atom. The van der Waals surface area contributed by atoms with E-state index in [4.69, 9.17) is 0 Å². The average molecular weight is 313 g/mol. The maximum Gasteiger partial charge on any atom is 0.281 e. The summed E-state index contributed by atoms with van der Waals surface area (Å²) < 4.78 is 14.7. The molecule has 0 aliphatic heterocycles. The summed E-state index contributed by atoms with van der Waals surface area (Å²) >= 11 is 0. The molecule has 0 spiro atoms. The molecular formula is C12H10BrFN2O2. The van der Waals surface area contributed by atoms with Crippen molar-refractivity contribution in [3.63, 3.8) is 0 Å². The number of nitro benzene ring substituents is 1. The fraction of sp³-hybridized carbons (Fsp3) is 0.0833. The molecule has 0 saturated heterocycles. The van der Waals surface area contributed by atoms with E-state index >= 15 is 0 Å². The maximum atomic E-state index is 12.9. The topological polar surface area (TPSA) is 47.0 Å². The minimum absolute atomic E-state index is 0. The van der Waals surface area contributed by atoms with E-state index in [1.54, 1.807) is 17.0 Å². The van der Waals surface area contributed by atoms with E-state index in [1.807, 2.05) is 18.2 Å². The lowest BCUT2D eigenvalue weighted by Gasteiger charge is -2.00. The molecule has 94 valence electrons. The Labute approximate surface area is 114 Å². The zero-order valence-corrected chi connectivity index (χ0v) is 10.9. The quantitative estimate of drug-likeness (QED) is 0.418. The van der Waals surface area contributed by atoms with Crippen LogP contribution in [0.5, 0.6) is 0 Å². The van der Waals surface area contributed by atoms with Gasteiger partial charge in [0.1, 0.15) is 5.82 Å². The molecule has 1 heterocycles. The van der Waals surface area contributed by atoms with E-state index in [-0.39, 0.29) is 22.7 Å². The minimum atomic E-state index is -0.599. The standard InChI is InChI=1S/C12H10FN2O2.BrH/c13-11-5-4-10(12(8-11)15(16)17)9-14-6-2-1-3-7-14;/h1-8H,9H2;1H/q+1;/p-1. The molecule has 0 radical (unpaired) electrons. The fourth-order valence-corrected chi connectivity index (χ4v) is 1.58. The van der Waals surface area contributed by atoms with Crippen LogP contribution in [0, 0.1) is 15.9 Å². The van der Waals surface area contributed by atoms with Gasteiger partial charge in [-0.15, -0.1) is 0 Å². The van der Waals surface area contributed by atoms with Crippen molar-refractivity contribution in [3.8, 4) is 0 Å². The molecule has 4 nitrogen and oxygen atoms in total. The number of nitrogens with zero attached hydrogens (tertiary/aromatic N) is 2. The average Bonchev–Trinajstić information content (AvgIpc) is 2.32. The van der Waals surface area contributed by atoms with Crippen LogP contribution in [0.2, 0.25) is 0 Å². The minimum Gasteiger partial charge on any atom is -1.00 e. The largest absolute Gasteiger partial charge is 1.00 e. The number of benzene rings is 1. The Balaban J connectivity index is 0.00000162. The van der Waals surface area contributed by atoms with Crippen LogP contribution in [0.15, 0.2) is 48.8 Å². The van der Waals surface area contributed by atoms with Crippen LogP contribution in [-0.4, -0.2) is 4.92 Å². The van der Waals surface area contributed by atoms with Crippen molar-refractivity contribution in [2.45, 2.75) is 6.54 Å². The van der Waals surface area contributed by atoms with Crippen molar-refractivity contribution in [1.82, 2.24) is 0 Å². The first-order valence-electron chi connectivity index (χ1n) is 5.04. The lowest BCUT2D eigenvalue weighted by molar-refractivity contribution is -0.688. The highest BCUT2D eigenvalue weighted by molar-refractivity contribution is 5.39. The van der Waals surface area contributed by atoms with Crippen LogP contribution in [0.4, 0.5) is 10.1 Å². The van der Waals surface area contributed by atoms with E-state index in [9.17, 15) is 14.5 Å². The number of hydrogen-bond acceptors (Lipinski definition) is 2. The van der Waals surface area contributed by atoms with Gasteiger partial charge in [0.25, 0.3) is 5.69 Å². The highest BCUT2D eigenvalue weighted by Gasteiger charge is 2.17. The van der Waals surface area contributed by atoms with Gasteiger partial charge in [0, 0.05) is 12.1 Å². The molecule has 18 heavy (non-hydrogen) atoms. The third-order valence-electron chi connectivity index (χ3n) is 2.37. The number of rotatable bonds is 3. The Morgan fingerprint density at radius 3 is 2.50 bits per heavy atom. The number of halogens is 2. The normalized spacial score (nSPS) is 9.61. The van der Waals surface area contributed by atoms with Crippen LogP contribution in [0.25, 0.3) is 0 Å². The van der Waals surface area contributed by atoms with Crippen LogP contribution in [-0.2, 0) is 6.54 Å². The summed E-state index contributed by atoms with van der Waals surface area (Å²) in [5, 5.41) is 10.8. The summed E-state index contributed by atoms with van der Waals surface area (Å²) in [4.78, 5) is 10.2. The molecule has 6 heteroatoms. The van der Waals surface area contributed by atoms with Crippen molar-refractivity contribution in [1.29, 1.82) is 0 Å². The monoisotopic (exact) mass is 312 g/mol. The van der Waals surface area contributed by atoms with Gasteiger partial charge in [-0.1, -0.05) is 6.07 Å². The maximum absolute atomic E-state index is 12.9. The molecule has 0 aliphatic rings. The van der Waals surface area contributed by atoms with Crippen molar-refractivity contribution >= 4 is 5.69 Å². The second-order valence-corrected chi connectivity index (χ2v) is 3.58. The molecule has 0 aliphatic carbocycles. The zero-order chi connectivity index (χ0) is 12.3. The Morgan fingerprint density at radius 1 is 1.22 bits per heavy atom. The van der Waals surface area contributed by atoms with Crippen molar-refractivity contribution in [2.24, 2.45) is 0 Å². The van der Waals surface area contributed by atoms with Crippen LogP contribution >= 0.6 is 0 Å². The van der Waals surface area contributed by atoms with Crippen LogP contribution < -0.4 is 21.5 Å². The first-order valence-corrected chi connectivity index (χ1v) is 5.04. The smallest absolute Gasteiger partial charge is 0.281 e. The Bertz CT molecular complexity index is 549. The van der Waals surface area contributed by atoms with Gasteiger partial charge in [0.05, 0.1) is 16.6 Å². The first-order chi connectivity index (χ1) is 8.16. The Hall–Kier alpha value is -1.82. The van der Waals surface area contributed by atoms with E-state index in [1.165, 1.54) is 12.1 Å². The third-order valence-corrected chi connectivity index (χ3v) is 2.37. The van der Waals surface area contributed by atoms with Gasteiger partial charge in [-0.3, -0.25) is 10.1 Å². The lowest BCUT2D eigenvalue weighted by atomic mass is 10.1. The molecule has 0 atom stereocenters. The number of pyridine rings is 1. The van der Waals surface area contributed by atoms with Gasteiger partial charge < -0.3 is 17.0 Å². The summed E-state index contributed by atoms with van der Waals surface area (Å²) in [6.07, 6.45) is 3.60. The first kappa shape index (κ1) is 14.2. The van der Waals surface area contributed by atoms with E-state index in [0.717, 1.165) is 6.07 Å². The molecule has 1 aromatic carbocycles. The second kappa shape index (κ2) is 6.20. The predicted molar refractivity (Wildman–Crippen MR) is 58.8 cm³/mol. The molecule has 0 N–H and O–H groups in total. The van der Waals surface area contributed by atoms with Crippen molar-refractivity contribution < 1.29 is 30.9 Å². The number of aromatic nitrogens is 1. The molecule has 0 saturated carbocycles. The number of hydrogen-bond donors (Lipinski definition) is 0. The molecular weight excluding hydrogens is 303 g/mol. The van der Waals surface area contributed by atoms with E-state index in [0.29, 0.717) is 12.1 Å². The van der Waals surface area contributed by atoms with Gasteiger partial charge in [0.2, 0.25) is 0 Å². The zero-order valence-electron chi connectivity index (χ0n) is 9.29. The summed E-state index contributed by atoms with van der Waals surface area (Å²) in [5.74, 6) is -0.599. The highest BCUT2D eigenvalue weighted by Crippen LogP contribution is 2.19. The summed E-state index contributed by atoms with van der Waals surface area (Å²) in [5.41, 5.74) is 0.286. The summed E-state index contributed by atoms with van der Waals surface area (Å²) in [7, 11) is 0.